The van der Waals surface area contributed by atoms with Crippen molar-refractivity contribution in [3.05, 3.63) is 11.6 Å². The SMILES string of the molecule is Nc1nc(Cl)nc2c1ncn2[C@@H]1O[C@H](CO[P+](=O)O)[C@H](O)[C@H]1O. The van der Waals surface area contributed by atoms with Crippen LogP contribution in [0, 0.1) is 0 Å². The van der Waals surface area contributed by atoms with Crippen LogP contribution in [0.1, 0.15) is 6.23 Å². The predicted octanol–water partition coefficient (Wildman–Crippen LogP) is -0.653. The van der Waals surface area contributed by atoms with Gasteiger partial charge in [0.05, 0.1) is 6.33 Å². The number of aliphatic hydroxyl groups is 2. The molecule has 0 spiro atoms. The fourth-order valence-corrected chi connectivity index (χ4v) is 2.78. The van der Waals surface area contributed by atoms with Crippen molar-refractivity contribution >= 4 is 36.8 Å². The molecule has 124 valence electrons. The van der Waals surface area contributed by atoms with E-state index < -0.39 is 32.8 Å². The Hall–Kier alpha value is -1.46. The summed E-state index contributed by atoms with van der Waals surface area (Å²) in [6.45, 7) is -0.370. The van der Waals surface area contributed by atoms with E-state index in [-0.39, 0.29) is 28.9 Å². The molecule has 3 heterocycles. The molecule has 0 saturated carbocycles. The number of hydrogen-bond donors (Lipinski definition) is 4. The van der Waals surface area contributed by atoms with Crippen LogP contribution in [-0.2, 0) is 13.8 Å². The van der Waals surface area contributed by atoms with Crippen LogP contribution in [0.25, 0.3) is 11.2 Å². The Kier molecular flexibility index (Phi) is 4.43. The van der Waals surface area contributed by atoms with Gasteiger partial charge < -0.3 is 20.7 Å². The molecule has 1 fully saturated rings. The third-order valence-electron chi connectivity index (χ3n) is 3.38. The third-order valence-corrected chi connectivity index (χ3v) is 3.92. The van der Waals surface area contributed by atoms with Gasteiger partial charge in [0, 0.05) is 4.57 Å². The molecule has 3 rings (SSSR count). The topological polar surface area (TPSA) is 166 Å². The Labute approximate surface area is 134 Å². The van der Waals surface area contributed by atoms with E-state index in [1.165, 1.54) is 10.9 Å². The average molecular weight is 365 g/mol. The van der Waals surface area contributed by atoms with Gasteiger partial charge in [0.1, 0.15) is 30.4 Å². The molecular weight excluding hydrogens is 353 g/mol. The van der Waals surface area contributed by atoms with Crippen LogP contribution in [0.4, 0.5) is 5.82 Å². The van der Waals surface area contributed by atoms with E-state index in [2.05, 4.69) is 19.5 Å². The molecular formula is C10H12ClN5O6P+. The number of imidazole rings is 1. The van der Waals surface area contributed by atoms with Gasteiger partial charge >= 0.3 is 8.25 Å². The number of rotatable bonds is 4. The normalized spacial score (nSPS) is 28.4. The molecule has 5 atom stereocenters. The molecule has 2 aromatic rings. The predicted molar refractivity (Wildman–Crippen MR) is 76.4 cm³/mol. The number of halogens is 1. The van der Waals surface area contributed by atoms with E-state index in [1.54, 1.807) is 0 Å². The Morgan fingerprint density at radius 2 is 2.17 bits per heavy atom. The van der Waals surface area contributed by atoms with E-state index in [4.69, 9.17) is 27.0 Å². The summed E-state index contributed by atoms with van der Waals surface area (Å²) in [4.78, 5) is 20.4. The van der Waals surface area contributed by atoms with Gasteiger partial charge in [-0.2, -0.15) is 9.97 Å². The van der Waals surface area contributed by atoms with E-state index in [1.807, 2.05) is 0 Å². The van der Waals surface area contributed by atoms with Crippen LogP contribution in [0.3, 0.4) is 0 Å². The molecule has 0 radical (unpaired) electrons. The minimum Gasteiger partial charge on any atom is -0.387 e. The molecule has 13 heteroatoms. The Morgan fingerprint density at radius 1 is 1.43 bits per heavy atom. The van der Waals surface area contributed by atoms with Crippen molar-refractivity contribution in [3.8, 4) is 0 Å². The summed E-state index contributed by atoms with van der Waals surface area (Å²) in [5.41, 5.74) is 6.17. The summed E-state index contributed by atoms with van der Waals surface area (Å²) >= 11 is 5.76. The molecule has 2 aromatic heterocycles. The third kappa shape index (κ3) is 3.00. The van der Waals surface area contributed by atoms with Gasteiger partial charge in [-0.15, -0.1) is 9.42 Å². The van der Waals surface area contributed by atoms with Gasteiger partial charge in [0.25, 0.3) is 0 Å². The largest absolute Gasteiger partial charge is 0.694 e. The first kappa shape index (κ1) is 16.4. The summed E-state index contributed by atoms with van der Waals surface area (Å²) in [7, 11) is -2.84. The summed E-state index contributed by atoms with van der Waals surface area (Å²) < 4.78 is 21.9. The van der Waals surface area contributed by atoms with Gasteiger partial charge in [-0.05, 0) is 11.6 Å². The molecule has 23 heavy (non-hydrogen) atoms. The number of ether oxygens (including phenoxy) is 1. The van der Waals surface area contributed by atoms with Crippen molar-refractivity contribution < 1.29 is 28.9 Å². The highest BCUT2D eigenvalue weighted by atomic mass is 35.5. The minimum atomic E-state index is -2.84. The van der Waals surface area contributed by atoms with Crippen LogP contribution < -0.4 is 5.73 Å². The van der Waals surface area contributed by atoms with Crippen molar-refractivity contribution in [2.45, 2.75) is 24.5 Å². The first-order valence-electron chi connectivity index (χ1n) is 6.34. The summed E-state index contributed by atoms with van der Waals surface area (Å²) in [6, 6.07) is 0. The maximum Gasteiger partial charge on any atom is 0.694 e. The van der Waals surface area contributed by atoms with Crippen LogP contribution in [0.5, 0.6) is 0 Å². The summed E-state index contributed by atoms with van der Waals surface area (Å²) in [5.74, 6) is 0.0592. The van der Waals surface area contributed by atoms with Gasteiger partial charge in [0.15, 0.2) is 17.7 Å². The molecule has 1 unspecified atom stereocenters. The molecule has 1 saturated heterocycles. The standard InChI is InChI=1S/C10H11ClN5O6P/c11-10-14-7(12)4-8(15-10)16(2-13-4)9-6(18)5(17)3(22-9)1-21-23(19)20/h2-3,5-6,9,17-18H,1H2,(H2-,12,14,15,19,20)/p+1/t3-,5+,6-,9-/m1/s1. The van der Waals surface area contributed by atoms with Crippen molar-refractivity contribution in [1.82, 2.24) is 19.5 Å². The average Bonchev–Trinajstić information content (AvgIpc) is 3.00. The quantitative estimate of drug-likeness (QED) is 0.404. The Bertz CT molecular complexity index is 759. The number of aliphatic hydroxyl groups excluding tert-OH is 2. The molecule has 0 bridgehead atoms. The molecule has 0 amide bonds. The molecule has 5 N–H and O–H groups in total. The number of nitrogens with two attached hydrogens (primary N) is 1. The lowest BCUT2D eigenvalue weighted by molar-refractivity contribution is -0.0476. The number of anilines is 1. The molecule has 1 aliphatic heterocycles. The maximum absolute atomic E-state index is 10.6. The van der Waals surface area contributed by atoms with Crippen molar-refractivity contribution in [2.75, 3.05) is 12.3 Å². The molecule has 1 aliphatic rings. The van der Waals surface area contributed by atoms with Gasteiger partial charge in [-0.1, -0.05) is 0 Å². The van der Waals surface area contributed by atoms with Crippen LogP contribution in [0.2, 0.25) is 5.28 Å². The first-order valence-corrected chi connectivity index (χ1v) is 7.85. The summed E-state index contributed by atoms with van der Waals surface area (Å²) in [6.07, 6.45) is -3.42. The number of hydrogen-bond acceptors (Lipinski definition) is 9. The number of nitrogen functional groups attached to an aromatic ring is 1. The van der Waals surface area contributed by atoms with E-state index >= 15 is 0 Å². The number of nitrogens with zero attached hydrogens (tertiary/aromatic N) is 4. The van der Waals surface area contributed by atoms with Crippen molar-refractivity contribution in [1.29, 1.82) is 0 Å². The second-order valence-corrected chi connectivity index (χ2v) is 5.85. The van der Waals surface area contributed by atoms with Crippen molar-refractivity contribution in [3.63, 3.8) is 0 Å². The van der Waals surface area contributed by atoms with E-state index in [0.29, 0.717) is 0 Å². The van der Waals surface area contributed by atoms with Crippen LogP contribution in [-0.4, -0.2) is 59.5 Å². The molecule has 11 nitrogen and oxygen atoms in total. The highest BCUT2D eigenvalue weighted by Gasteiger charge is 2.45. The zero-order valence-corrected chi connectivity index (χ0v) is 13.0. The van der Waals surface area contributed by atoms with E-state index in [0.717, 1.165) is 0 Å². The lowest BCUT2D eigenvalue weighted by Gasteiger charge is -2.16. The van der Waals surface area contributed by atoms with Gasteiger partial charge in [-0.25, -0.2) is 4.98 Å². The maximum atomic E-state index is 10.6. The van der Waals surface area contributed by atoms with E-state index in [9.17, 15) is 14.8 Å². The van der Waals surface area contributed by atoms with Crippen LogP contribution in [0.15, 0.2) is 6.33 Å². The Balaban J connectivity index is 1.91. The Morgan fingerprint density at radius 3 is 2.87 bits per heavy atom. The summed E-state index contributed by atoms with van der Waals surface area (Å²) in [5, 5.41) is 20.0. The fourth-order valence-electron chi connectivity index (χ4n) is 2.33. The highest BCUT2D eigenvalue weighted by molar-refractivity contribution is 7.32. The lowest BCUT2D eigenvalue weighted by atomic mass is 10.1. The van der Waals surface area contributed by atoms with Crippen molar-refractivity contribution in [2.24, 2.45) is 0 Å². The monoisotopic (exact) mass is 364 g/mol. The second kappa shape index (κ2) is 6.21. The molecule has 0 aliphatic carbocycles. The highest BCUT2D eigenvalue weighted by Crippen LogP contribution is 2.33. The number of aromatic nitrogens is 4. The van der Waals surface area contributed by atoms with Crippen LogP contribution >= 0.6 is 19.9 Å². The fraction of sp³-hybridized carbons (Fsp3) is 0.500. The van der Waals surface area contributed by atoms with Gasteiger partial charge in [0.2, 0.25) is 5.28 Å². The van der Waals surface area contributed by atoms with Gasteiger partial charge in [-0.3, -0.25) is 4.57 Å². The minimum absolute atomic E-state index is 0.0592. The molecule has 0 aromatic carbocycles. The smallest absolute Gasteiger partial charge is 0.387 e. The zero-order chi connectivity index (χ0) is 16.7. The lowest BCUT2D eigenvalue weighted by Crippen LogP contribution is -2.33. The number of fused-ring (bicyclic) bond motifs is 1. The zero-order valence-electron chi connectivity index (χ0n) is 11.4. The first-order chi connectivity index (χ1) is 10.9. The second-order valence-electron chi connectivity index (χ2n) is 4.78.